The summed E-state index contributed by atoms with van der Waals surface area (Å²) in [4.78, 5) is 17.7. The third-order valence-corrected chi connectivity index (χ3v) is 4.14. The van der Waals surface area contributed by atoms with Crippen molar-refractivity contribution in [3.8, 4) is 5.75 Å². The van der Waals surface area contributed by atoms with Gasteiger partial charge in [-0.25, -0.2) is 0 Å². The summed E-state index contributed by atoms with van der Waals surface area (Å²) in [6.07, 6.45) is 0.704. The van der Waals surface area contributed by atoms with Gasteiger partial charge < -0.3 is 14.7 Å². The Balaban J connectivity index is 1.73. The first kappa shape index (κ1) is 16.1. The fourth-order valence-corrected chi connectivity index (χ4v) is 2.82. The Bertz CT molecular complexity index is 725. The number of phenols is 1. The van der Waals surface area contributed by atoms with Crippen LogP contribution in [0.1, 0.15) is 17.5 Å². The van der Waals surface area contributed by atoms with Crippen LogP contribution in [-0.2, 0) is 20.8 Å². The van der Waals surface area contributed by atoms with Gasteiger partial charge in [-0.2, -0.15) is 0 Å². The average molecular weight is 325 g/mol. The molecule has 0 saturated carbocycles. The number of phenolic OH excluding ortho intramolecular Hbond substituents is 1. The van der Waals surface area contributed by atoms with Crippen LogP contribution in [0.5, 0.6) is 5.75 Å². The molecule has 0 radical (unpaired) electrons. The first-order valence-electron chi connectivity index (χ1n) is 7.81. The monoisotopic (exact) mass is 325 g/mol. The highest BCUT2D eigenvalue weighted by molar-refractivity contribution is 6.01. The molecule has 24 heavy (non-hydrogen) atoms. The minimum absolute atomic E-state index is 0.200. The Kier molecular flexibility index (Phi) is 4.79. The summed E-state index contributed by atoms with van der Waals surface area (Å²) < 4.78 is 4.95. The lowest BCUT2D eigenvalue weighted by atomic mass is 9.90. The first-order chi connectivity index (χ1) is 11.7. The van der Waals surface area contributed by atoms with Crippen LogP contribution >= 0.6 is 0 Å². The lowest BCUT2D eigenvalue weighted by molar-refractivity contribution is -0.150. The molecule has 1 aliphatic heterocycles. The minimum atomic E-state index is -0.421. The highest BCUT2D eigenvalue weighted by Gasteiger charge is 2.36. The van der Waals surface area contributed by atoms with Crippen LogP contribution in [0.15, 0.2) is 59.8 Å². The molecule has 0 saturated heterocycles. The molecule has 124 valence electrons. The average Bonchev–Trinajstić information content (AvgIpc) is 3.10. The molecule has 2 atom stereocenters. The van der Waals surface area contributed by atoms with Crippen molar-refractivity contribution in [1.82, 2.24) is 0 Å². The van der Waals surface area contributed by atoms with E-state index in [-0.39, 0.29) is 17.8 Å². The van der Waals surface area contributed by atoms with Crippen LogP contribution < -0.4 is 0 Å². The van der Waals surface area contributed by atoms with Crippen molar-refractivity contribution < 1.29 is 19.5 Å². The summed E-state index contributed by atoms with van der Waals surface area (Å²) in [7, 11) is 1.39. The van der Waals surface area contributed by atoms with Crippen molar-refractivity contribution >= 4 is 11.7 Å². The Morgan fingerprint density at radius 3 is 2.62 bits per heavy atom. The van der Waals surface area contributed by atoms with Gasteiger partial charge in [0, 0.05) is 6.42 Å². The number of nitrogens with zero attached hydrogens (tertiary/aromatic N) is 1. The highest BCUT2D eigenvalue weighted by atomic mass is 16.6. The molecule has 1 heterocycles. The standard InChI is InChI=1S/C19H19NO4/c1-23-19(22)16(11-13-5-3-2-4-6-13)18-12-17(20-24-18)14-7-9-15(21)10-8-14/h2-10,16,18,21H,11-12H2,1H3. The smallest absolute Gasteiger partial charge is 0.312 e. The number of rotatable bonds is 5. The van der Waals surface area contributed by atoms with Crippen molar-refractivity contribution in [2.45, 2.75) is 18.9 Å². The number of benzene rings is 2. The molecule has 0 fully saturated rings. The van der Waals surface area contributed by atoms with Crippen molar-refractivity contribution in [2.24, 2.45) is 11.1 Å². The fourth-order valence-electron chi connectivity index (χ4n) is 2.82. The molecule has 1 N–H and O–H groups in total. The van der Waals surface area contributed by atoms with E-state index >= 15 is 0 Å². The van der Waals surface area contributed by atoms with E-state index < -0.39 is 5.92 Å². The van der Waals surface area contributed by atoms with Gasteiger partial charge in [-0.05, 0) is 41.8 Å². The second kappa shape index (κ2) is 7.17. The summed E-state index contributed by atoms with van der Waals surface area (Å²) in [6.45, 7) is 0. The summed E-state index contributed by atoms with van der Waals surface area (Å²) in [5, 5.41) is 13.5. The topological polar surface area (TPSA) is 68.1 Å². The van der Waals surface area contributed by atoms with E-state index in [9.17, 15) is 9.90 Å². The number of esters is 1. The third-order valence-electron chi connectivity index (χ3n) is 4.14. The zero-order valence-corrected chi connectivity index (χ0v) is 13.4. The van der Waals surface area contributed by atoms with Gasteiger partial charge in [0.1, 0.15) is 17.8 Å². The number of carbonyl (C=O) groups is 1. The lowest BCUT2D eigenvalue weighted by Gasteiger charge is -2.19. The quantitative estimate of drug-likeness (QED) is 0.858. The van der Waals surface area contributed by atoms with Crippen molar-refractivity contribution in [1.29, 1.82) is 0 Å². The van der Waals surface area contributed by atoms with Crippen LogP contribution in [0, 0.1) is 5.92 Å². The Morgan fingerprint density at radius 1 is 1.25 bits per heavy atom. The molecule has 2 aromatic carbocycles. The van der Waals surface area contributed by atoms with Crippen LogP contribution in [0.4, 0.5) is 0 Å². The van der Waals surface area contributed by atoms with Gasteiger partial charge in [-0.3, -0.25) is 4.79 Å². The first-order valence-corrected chi connectivity index (χ1v) is 7.81. The zero-order valence-electron chi connectivity index (χ0n) is 13.4. The van der Waals surface area contributed by atoms with Crippen LogP contribution in [0.2, 0.25) is 0 Å². The molecule has 3 rings (SSSR count). The van der Waals surface area contributed by atoms with Gasteiger partial charge in [0.25, 0.3) is 0 Å². The van der Waals surface area contributed by atoms with Gasteiger partial charge in [0.2, 0.25) is 0 Å². The van der Waals surface area contributed by atoms with Crippen LogP contribution in [0.3, 0.4) is 0 Å². The Labute approximate surface area is 140 Å². The predicted octanol–water partition coefficient (Wildman–Crippen LogP) is 2.92. The number of hydrogen-bond donors (Lipinski definition) is 1. The zero-order chi connectivity index (χ0) is 16.9. The highest BCUT2D eigenvalue weighted by Crippen LogP contribution is 2.26. The van der Waals surface area contributed by atoms with Gasteiger partial charge in [-0.15, -0.1) is 0 Å². The van der Waals surface area contributed by atoms with E-state index in [4.69, 9.17) is 9.57 Å². The van der Waals surface area contributed by atoms with E-state index in [1.807, 2.05) is 30.3 Å². The normalized spacial score (nSPS) is 17.7. The van der Waals surface area contributed by atoms with Crippen molar-refractivity contribution in [3.05, 3.63) is 65.7 Å². The predicted molar refractivity (Wildman–Crippen MR) is 89.8 cm³/mol. The number of aromatic hydroxyl groups is 1. The van der Waals surface area contributed by atoms with Gasteiger partial charge in [0.05, 0.1) is 12.8 Å². The Hall–Kier alpha value is -2.82. The number of oxime groups is 1. The van der Waals surface area contributed by atoms with E-state index in [1.165, 1.54) is 7.11 Å². The number of carbonyl (C=O) groups excluding carboxylic acids is 1. The van der Waals surface area contributed by atoms with Crippen LogP contribution in [0.25, 0.3) is 0 Å². The number of ether oxygens (including phenoxy) is 1. The summed E-state index contributed by atoms with van der Waals surface area (Å²) >= 11 is 0. The number of hydrogen-bond acceptors (Lipinski definition) is 5. The maximum atomic E-state index is 12.2. The van der Waals surface area contributed by atoms with Gasteiger partial charge in [-0.1, -0.05) is 35.5 Å². The molecule has 1 aliphatic rings. The molecule has 0 bridgehead atoms. The van der Waals surface area contributed by atoms with Gasteiger partial charge >= 0.3 is 5.97 Å². The summed E-state index contributed by atoms with van der Waals surface area (Å²) in [5.41, 5.74) is 2.69. The lowest BCUT2D eigenvalue weighted by Crippen LogP contribution is -2.31. The van der Waals surface area contributed by atoms with E-state index in [0.29, 0.717) is 12.8 Å². The minimum Gasteiger partial charge on any atom is -0.508 e. The maximum Gasteiger partial charge on any atom is 0.312 e. The molecule has 2 unspecified atom stereocenters. The van der Waals surface area contributed by atoms with Crippen molar-refractivity contribution in [3.63, 3.8) is 0 Å². The fraction of sp³-hybridized carbons (Fsp3) is 0.263. The molecule has 0 spiro atoms. The second-order valence-electron chi connectivity index (χ2n) is 5.75. The van der Waals surface area contributed by atoms with Crippen molar-refractivity contribution in [2.75, 3.05) is 7.11 Å². The van der Waals surface area contributed by atoms with E-state index in [2.05, 4.69) is 5.16 Å². The SMILES string of the molecule is COC(=O)C(Cc1ccccc1)C1CC(c2ccc(O)cc2)=NO1. The molecular formula is C19H19NO4. The molecule has 0 aromatic heterocycles. The Morgan fingerprint density at radius 2 is 1.96 bits per heavy atom. The molecule has 5 heteroatoms. The molecule has 0 aliphatic carbocycles. The maximum absolute atomic E-state index is 12.2. The number of methoxy groups -OCH3 is 1. The van der Waals surface area contributed by atoms with Gasteiger partial charge in [0.15, 0.2) is 0 Å². The molecular weight excluding hydrogens is 306 g/mol. The second-order valence-corrected chi connectivity index (χ2v) is 5.75. The largest absolute Gasteiger partial charge is 0.508 e. The summed E-state index contributed by atoms with van der Waals surface area (Å²) in [6, 6.07) is 16.6. The van der Waals surface area contributed by atoms with E-state index in [0.717, 1.165) is 16.8 Å². The molecule has 2 aromatic rings. The van der Waals surface area contributed by atoms with Crippen LogP contribution in [-0.4, -0.2) is 30.0 Å². The third kappa shape index (κ3) is 3.56. The molecule has 0 amide bonds. The van der Waals surface area contributed by atoms with E-state index in [1.54, 1.807) is 24.3 Å². The summed E-state index contributed by atoms with van der Waals surface area (Å²) in [5.74, 6) is -0.520. The molecule has 5 nitrogen and oxygen atoms in total.